The summed E-state index contributed by atoms with van der Waals surface area (Å²) in [5.41, 5.74) is -4.15. The predicted molar refractivity (Wildman–Crippen MR) is 64.8 cm³/mol. The summed E-state index contributed by atoms with van der Waals surface area (Å²) in [4.78, 5) is 24.5. The molecule has 21 heavy (non-hydrogen) atoms. The molecular weight excluding hydrogens is 289 g/mol. The van der Waals surface area contributed by atoms with Gasteiger partial charge in [0.15, 0.2) is 6.23 Å². The number of rotatable bonds is 2. The molecule has 2 rings (SSSR count). The van der Waals surface area contributed by atoms with Gasteiger partial charge in [-0.2, -0.15) is 9.78 Å². The van der Waals surface area contributed by atoms with Crippen molar-refractivity contribution in [3.63, 3.8) is 0 Å². The molecule has 2 heterocycles. The molecule has 1 aliphatic heterocycles. The monoisotopic (exact) mass is 301 g/mol. The van der Waals surface area contributed by atoms with E-state index in [4.69, 9.17) is 9.84 Å². The molecule has 1 aliphatic rings. The molecule has 0 aliphatic carbocycles. The maximum Gasteiger partial charge on any atom is 0.347 e. The molecule has 0 amide bonds. The second-order valence-corrected chi connectivity index (χ2v) is 4.30. The standard InChI is InChI=1S/C11H12FN3O6/c12-3-1-2-11(20)8(18)6(5-16)21-9(11)15-10(19)14-7(17)4-13-15/h4,6,8-9,16,18,20H,3,5H2,(H,14,17,19)/t6-,8?,9-,11-/m1/s1. The molecule has 0 radical (unpaired) electrons. The average molecular weight is 301 g/mol. The second kappa shape index (κ2) is 5.74. The topological polar surface area (TPSA) is 138 Å². The quantitative estimate of drug-likeness (QED) is 0.424. The molecule has 1 unspecified atom stereocenters. The Morgan fingerprint density at radius 1 is 1.57 bits per heavy atom. The van der Waals surface area contributed by atoms with E-state index in [-0.39, 0.29) is 0 Å². The van der Waals surface area contributed by atoms with Crippen LogP contribution in [0.5, 0.6) is 0 Å². The minimum absolute atomic E-state index is 0.549. The molecule has 114 valence electrons. The van der Waals surface area contributed by atoms with Crippen LogP contribution in [0, 0.1) is 11.8 Å². The zero-order chi connectivity index (χ0) is 15.6. The van der Waals surface area contributed by atoms with Crippen LogP contribution in [0.2, 0.25) is 0 Å². The number of ether oxygens (including phenoxy) is 1. The van der Waals surface area contributed by atoms with Crippen molar-refractivity contribution in [2.75, 3.05) is 13.3 Å². The van der Waals surface area contributed by atoms with E-state index in [0.717, 1.165) is 6.20 Å². The molecular formula is C11H12FN3O6. The number of aliphatic hydroxyl groups excluding tert-OH is 2. The maximum atomic E-state index is 12.2. The molecule has 0 spiro atoms. The Balaban J connectivity index is 2.53. The SMILES string of the molecule is O=c1cnn([C@@H]2O[C@H](CO)C(O)[C@]2(O)C#CCF)c(=O)[nH]1. The first-order chi connectivity index (χ1) is 9.93. The van der Waals surface area contributed by atoms with E-state index < -0.39 is 48.6 Å². The molecule has 4 atom stereocenters. The fourth-order valence-electron chi connectivity index (χ4n) is 2.00. The molecule has 1 saturated heterocycles. The van der Waals surface area contributed by atoms with Gasteiger partial charge in [-0.25, -0.2) is 9.18 Å². The molecule has 1 aromatic heterocycles. The summed E-state index contributed by atoms with van der Waals surface area (Å²) in [6.45, 7) is -1.77. The Morgan fingerprint density at radius 3 is 2.86 bits per heavy atom. The van der Waals surface area contributed by atoms with Crippen molar-refractivity contribution >= 4 is 0 Å². The largest absolute Gasteiger partial charge is 0.394 e. The average Bonchev–Trinajstić information content (AvgIpc) is 2.70. The summed E-state index contributed by atoms with van der Waals surface area (Å²) in [7, 11) is 0. The zero-order valence-electron chi connectivity index (χ0n) is 10.6. The summed E-state index contributed by atoms with van der Waals surface area (Å²) in [5.74, 6) is 4.00. The third-order valence-corrected chi connectivity index (χ3v) is 2.98. The first kappa shape index (κ1) is 15.3. The van der Waals surface area contributed by atoms with Crippen molar-refractivity contribution in [2.45, 2.75) is 24.0 Å². The van der Waals surface area contributed by atoms with Gasteiger partial charge in [0.2, 0.25) is 5.60 Å². The number of hydrogen-bond donors (Lipinski definition) is 4. The number of aliphatic hydroxyl groups is 3. The van der Waals surface area contributed by atoms with Gasteiger partial charge in [-0.15, -0.1) is 0 Å². The van der Waals surface area contributed by atoms with Gasteiger partial charge in [0, 0.05) is 0 Å². The van der Waals surface area contributed by atoms with E-state index in [1.54, 1.807) is 0 Å². The van der Waals surface area contributed by atoms with E-state index in [2.05, 4.69) is 11.0 Å². The smallest absolute Gasteiger partial charge is 0.347 e. The summed E-state index contributed by atoms with van der Waals surface area (Å²) >= 11 is 0. The third-order valence-electron chi connectivity index (χ3n) is 2.98. The van der Waals surface area contributed by atoms with Crippen LogP contribution in [-0.2, 0) is 4.74 Å². The van der Waals surface area contributed by atoms with E-state index in [9.17, 15) is 24.2 Å². The number of aromatic amines is 1. The number of aromatic nitrogens is 3. The fraction of sp³-hybridized carbons (Fsp3) is 0.545. The van der Waals surface area contributed by atoms with Crippen molar-refractivity contribution in [1.29, 1.82) is 0 Å². The van der Waals surface area contributed by atoms with Crippen LogP contribution in [0.25, 0.3) is 0 Å². The second-order valence-electron chi connectivity index (χ2n) is 4.30. The lowest BCUT2D eigenvalue weighted by Gasteiger charge is -2.25. The van der Waals surface area contributed by atoms with Gasteiger partial charge >= 0.3 is 5.69 Å². The highest BCUT2D eigenvalue weighted by atomic mass is 19.1. The fourth-order valence-corrected chi connectivity index (χ4v) is 2.00. The van der Waals surface area contributed by atoms with Crippen molar-refractivity contribution in [1.82, 2.24) is 14.8 Å². The Labute approximate surface area is 116 Å². The van der Waals surface area contributed by atoms with Gasteiger partial charge < -0.3 is 20.1 Å². The van der Waals surface area contributed by atoms with E-state index in [0.29, 0.717) is 4.68 Å². The molecule has 1 fully saturated rings. The Kier molecular flexibility index (Phi) is 4.19. The lowest BCUT2D eigenvalue weighted by Crippen LogP contribution is -2.49. The van der Waals surface area contributed by atoms with E-state index >= 15 is 0 Å². The highest BCUT2D eigenvalue weighted by molar-refractivity contribution is 5.22. The first-order valence-electron chi connectivity index (χ1n) is 5.85. The number of H-pyrrole nitrogens is 1. The van der Waals surface area contributed by atoms with E-state index in [1.807, 2.05) is 10.9 Å². The van der Waals surface area contributed by atoms with Crippen molar-refractivity contribution < 1.29 is 24.4 Å². The predicted octanol–water partition coefficient (Wildman–Crippen LogP) is -3.11. The van der Waals surface area contributed by atoms with Crippen molar-refractivity contribution in [3.8, 4) is 11.8 Å². The number of halogens is 1. The summed E-state index contributed by atoms with van der Waals surface area (Å²) in [5, 5.41) is 32.9. The highest BCUT2D eigenvalue weighted by Crippen LogP contribution is 2.36. The molecule has 0 saturated carbocycles. The van der Waals surface area contributed by atoms with Gasteiger partial charge in [0.25, 0.3) is 5.56 Å². The minimum Gasteiger partial charge on any atom is -0.394 e. The molecule has 9 nitrogen and oxygen atoms in total. The summed E-state index contributed by atoms with van der Waals surface area (Å²) < 4.78 is 17.9. The number of nitrogens with one attached hydrogen (secondary N) is 1. The lowest BCUT2D eigenvalue weighted by molar-refractivity contribution is -0.0838. The first-order valence-corrected chi connectivity index (χ1v) is 5.85. The molecule has 0 aromatic carbocycles. The Bertz CT molecular complexity index is 691. The zero-order valence-corrected chi connectivity index (χ0v) is 10.6. The third kappa shape index (κ3) is 2.59. The van der Waals surface area contributed by atoms with Gasteiger partial charge in [0.05, 0.1) is 6.61 Å². The van der Waals surface area contributed by atoms with Crippen LogP contribution in [0.4, 0.5) is 4.39 Å². The molecule has 10 heteroatoms. The summed E-state index contributed by atoms with van der Waals surface area (Å²) in [6, 6.07) is 0. The molecule has 4 N–H and O–H groups in total. The summed E-state index contributed by atoms with van der Waals surface area (Å²) in [6.07, 6.45) is -3.82. The van der Waals surface area contributed by atoms with Crippen molar-refractivity contribution in [3.05, 3.63) is 27.0 Å². The van der Waals surface area contributed by atoms with Crippen molar-refractivity contribution in [2.24, 2.45) is 0 Å². The van der Waals surface area contributed by atoms with Crippen LogP contribution < -0.4 is 11.2 Å². The number of hydrogen-bond acceptors (Lipinski definition) is 7. The van der Waals surface area contributed by atoms with Crippen LogP contribution in [-0.4, -0.2) is 61.2 Å². The Morgan fingerprint density at radius 2 is 2.29 bits per heavy atom. The van der Waals surface area contributed by atoms with Crippen LogP contribution >= 0.6 is 0 Å². The van der Waals surface area contributed by atoms with Gasteiger partial charge in [0.1, 0.15) is 25.1 Å². The maximum absolute atomic E-state index is 12.2. The van der Waals surface area contributed by atoms with Crippen LogP contribution in [0.1, 0.15) is 6.23 Å². The van der Waals surface area contributed by atoms with Gasteiger partial charge in [-0.05, 0) is 0 Å². The highest BCUT2D eigenvalue weighted by Gasteiger charge is 2.56. The molecule has 0 bridgehead atoms. The van der Waals surface area contributed by atoms with Gasteiger partial charge in [-0.3, -0.25) is 9.78 Å². The van der Waals surface area contributed by atoms with E-state index in [1.165, 1.54) is 0 Å². The Hall–Kier alpha value is -2.06. The lowest BCUT2D eigenvalue weighted by atomic mass is 9.95. The number of alkyl halides is 1. The number of nitrogens with zero attached hydrogens (tertiary/aromatic N) is 2. The minimum atomic E-state index is -2.37. The van der Waals surface area contributed by atoms with Gasteiger partial charge in [-0.1, -0.05) is 11.8 Å². The molecule has 1 aromatic rings. The normalized spacial score (nSPS) is 31.7. The van der Waals surface area contributed by atoms with Crippen LogP contribution in [0.3, 0.4) is 0 Å². The van der Waals surface area contributed by atoms with Crippen LogP contribution in [0.15, 0.2) is 15.8 Å².